The summed E-state index contributed by atoms with van der Waals surface area (Å²) in [6, 6.07) is 4.22. The summed E-state index contributed by atoms with van der Waals surface area (Å²) in [5.41, 5.74) is 2.64. The molecule has 110 valence electrons. The van der Waals surface area contributed by atoms with E-state index >= 15 is 0 Å². The van der Waals surface area contributed by atoms with E-state index in [1.54, 1.807) is 28.7 Å². The van der Waals surface area contributed by atoms with Crippen molar-refractivity contribution >= 4 is 34.7 Å². The van der Waals surface area contributed by atoms with Crippen molar-refractivity contribution in [3.63, 3.8) is 0 Å². The Balaban J connectivity index is 1.61. The van der Waals surface area contributed by atoms with E-state index in [1.165, 1.54) is 31.2 Å². The number of thiophene rings is 2. The van der Waals surface area contributed by atoms with Gasteiger partial charge in [0.15, 0.2) is 0 Å². The fraction of sp³-hybridized carbons (Fsp3) is 0.353. The Labute approximate surface area is 133 Å². The summed E-state index contributed by atoms with van der Waals surface area (Å²) in [6.45, 7) is 0.747. The molecule has 2 aromatic heterocycles. The average molecular weight is 317 g/mol. The van der Waals surface area contributed by atoms with Crippen LogP contribution in [0.1, 0.15) is 36.8 Å². The summed E-state index contributed by atoms with van der Waals surface area (Å²) >= 11 is 3.38. The van der Waals surface area contributed by atoms with Gasteiger partial charge < -0.3 is 5.32 Å². The maximum atomic E-state index is 12.0. The van der Waals surface area contributed by atoms with Crippen LogP contribution in [-0.2, 0) is 10.2 Å². The largest absolute Gasteiger partial charge is 0.352 e. The molecule has 0 saturated heterocycles. The molecule has 3 rings (SSSR count). The Morgan fingerprint density at radius 1 is 1.19 bits per heavy atom. The van der Waals surface area contributed by atoms with Gasteiger partial charge in [-0.2, -0.15) is 22.7 Å². The van der Waals surface area contributed by atoms with E-state index < -0.39 is 0 Å². The molecule has 0 unspecified atom stereocenters. The minimum atomic E-state index is 0.00250. The van der Waals surface area contributed by atoms with Gasteiger partial charge in [-0.1, -0.05) is 12.8 Å². The summed E-state index contributed by atoms with van der Waals surface area (Å²) in [5, 5.41) is 11.5. The lowest BCUT2D eigenvalue weighted by atomic mass is 9.80. The molecule has 4 heteroatoms. The zero-order valence-electron chi connectivity index (χ0n) is 11.9. The van der Waals surface area contributed by atoms with Crippen molar-refractivity contribution in [2.24, 2.45) is 0 Å². The third-order valence-corrected chi connectivity index (χ3v) is 5.65. The van der Waals surface area contributed by atoms with Crippen LogP contribution in [0.25, 0.3) is 6.08 Å². The highest BCUT2D eigenvalue weighted by atomic mass is 32.1. The van der Waals surface area contributed by atoms with Gasteiger partial charge in [0, 0.05) is 18.0 Å². The third kappa shape index (κ3) is 3.44. The van der Waals surface area contributed by atoms with Gasteiger partial charge in [-0.25, -0.2) is 0 Å². The van der Waals surface area contributed by atoms with Crippen molar-refractivity contribution in [3.8, 4) is 0 Å². The molecule has 2 heterocycles. The molecule has 1 N–H and O–H groups in total. The maximum Gasteiger partial charge on any atom is 0.244 e. The van der Waals surface area contributed by atoms with Crippen LogP contribution in [0.3, 0.4) is 0 Å². The first-order chi connectivity index (χ1) is 10.3. The lowest BCUT2D eigenvalue weighted by Crippen LogP contribution is -2.38. The molecule has 1 saturated carbocycles. The van der Waals surface area contributed by atoms with Gasteiger partial charge >= 0.3 is 0 Å². The van der Waals surface area contributed by atoms with Crippen LogP contribution in [0.5, 0.6) is 0 Å². The van der Waals surface area contributed by atoms with Crippen LogP contribution in [0.2, 0.25) is 0 Å². The molecule has 2 aromatic rings. The molecule has 0 aromatic carbocycles. The van der Waals surface area contributed by atoms with Crippen LogP contribution in [0.15, 0.2) is 39.7 Å². The van der Waals surface area contributed by atoms with E-state index in [1.807, 2.05) is 22.9 Å². The molecular weight excluding hydrogens is 298 g/mol. The van der Waals surface area contributed by atoms with Gasteiger partial charge in [-0.15, -0.1) is 0 Å². The molecule has 1 fully saturated rings. The zero-order chi connectivity index (χ0) is 14.5. The van der Waals surface area contributed by atoms with Gasteiger partial charge in [-0.05, 0) is 63.7 Å². The molecule has 2 nitrogen and oxygen atoms in total. The standard InChI is InChI=1S/C17H19NOS2/c19-16(4-3-14-5-9-20-11-14)18-13-17(7-1-2-8-17)15-6-10-21-12-15/h3-6,9-12H,1-2,7-8,13H2,(H,18,19). The van der Waals surface area contributed by atoms with E-state index in [2.05, 4.69) is 22.1 Å². The van der Waals surface area contributed by atoms with Gasteiger partial charge in [0.25, 0.3) is 0 Å². The summed E-state index contributed by atoms with van der Waals surface area (Å²) < 4.78 is 0. The van der Waals surface area contributed by atoms with E-state index in [4.69, 9.17) is 0 Å². The number of rotatable bonds is 5. The molecular formula is C17H19NOS2. The van der Waals surface area contributed by atoms with Crippen LogP contribution in [0, 0.1) is 0 Å². The predicted octanol–water partition coefficient (Wildman–Crippen LogP) is 4.45. The van der Waals surface area contributed by atoms with Crippen LogP contribution in [0.4, 0.5) is 0 Å². The second-order valence-electron chi connectivity index (χ2n) is 5.61. The quantitative estimate of drug-likeness (QED) is 0.811. The van der Waals surface area contributed by atoms with E-state index in [9.17, 15) is 4.79 Å². The zero-order valence-corrected chi connectivity index (χ0v) is 13.5. The molecule has 0 radical (unpaired) electrons. The second-order valence-corrected chi connectivity index (χ2v) is 7.17. The number of nitrogens with one attached hydrogen (secondary N) is 1. The van der Waals surface area contributed by atoms with Gasteiger partial charge in [0.1, 0.15) is 0 Å². The van der Waals surface area contributed by atoms with Crippen LogP contribution in [-0.4, -0.2) is 12.5 Å². The van der Waals surface area contributed by atoms with Gasteiger partial charge in [0.2, 0.25) is 5.91 Å². The first-order valence-electron chi connectivity index (χ1n) is 7.29. The monoisotopic (exact) mass is 317 g/mol. The molecule has 1 aliphatic carbocycles. The van der Waals surface area contributed by atoms with Crippen molar-refractivity contribution in [2.45, 2.75) is 31.1 Å². The lowest BCUT2D eigenvalue weighted by Gasteiger charge is -2.28. The second kappa shape index (κ2) is 6.58. The molecule has 1 amide bonds. The lowest BCUT2D eigenvalue weighted by molar-refractivity contribution is -0.116. The number of amides is 1. The van der Waals surface area contributed by atoms with Crippen molar-refractivity contribution < 1.29 is 4.79 Å². The highest BCUT2D eigenvalue weighted by Crippen LogP contribution is 2.41. The first-order valence-corrected chi connectivity index (χ1v) is 9.18. The Bertz CT molecular complexity index is 593. The molecule has 21 heavy (non-hydrogen) atoms. The van der Waals surface area contributed by atoms with Gasteiger partial charge in [0.05, 0.1) is 0 Å². The van der Waals surface area contributed by atoms with Crippen LogP contribution < -0.4 is 5.32 Å². The van der Waals surface area contributed by atoms with Crippen LogP contribution >= 0.6 is 22.7 Å². The summed E-state index contributed by atoms with van der Waals surface area (Å²) in [4.78, 5) is 12.0. The highest BCUT2D eigenvalue weighted by molar-refractivity contribution is 7.08. The molecule has 0 spiro atoms. The fourth-order valence-corrected chi connectivity index (χ4v) is 4.45. The number of hydrogen-bond donors (Lipinski definition) is 1. The summed E-state index contributed by atoms with van der Waals surface area (Å²) in [7, 11) is 0. The number of carbonyl (C=O) groups is 1. The van der Waals surface area contributed by atoms with Gasteiger partial charge in [-0.3, -0.25) is 4.79 Å². The Morgan fingerprint density at radius 3 is 2.62 bits per heavy atom. The van der Waals surface area contributed by atoms with E-state index in [0.29, 0.717) is 0 Å². The van der Waals surface area contributed by atoms with Crippen molar-refractivity contribution in [3.05, 3.63) is 50.9 Å². The average Bonchev–Trinajstić information content (AvgIpc) is 3.25. The van der Waals surface area contributed by atoms with Crippen molar-refractivity contribution in [1.29, 1.82) is 0 Å². The smallest absolute Gasteiger partial charge is 0.244 e. The fourth-order valence-electron chi connectivity index (χ4n) is 3.04. The Morgan fingerprint density at radius 2 is 1.95 bits per heavy atom. The topological polar surface area (TPSA) is 29.1 Å². The normalized spacial score (nSPS) is 17.3. The Hall–Kier alpha value is -1.39. The van der Waals surface area contributed by atoms with E-state index in [-0.39, 0.29) is 11.3 Å². The predicted molar refractivity (Wildman–Crippen MR) is 90.8 cm³/mol. The highest BCUT2D eigenvalue weighted by Gasteiger charge is 2.35. The van der Waals surface area contributed by atoms with Crippen molar-refractivity contribution in [2.75, 3.05) is 6.54 Å². The van der Waals surface area contributed by atoms with Crippen molar-refractivity contribution in [1.82, 2.24) is 5.32 Å². The summed E-state index contributed by atoms with van der Waals surface area (Å²) in [5.74, 6) is 0.00250. The minimum absolute atomic E-state index is 0.00250. The molecule has 1 aliphatic rings. The number of hydrogen-bond acceptors (Lipinski definition) is 3. The SMILES string of the molecule is O=C(C=Cc1ccsc1)NCC1(c2ccsc2)CCCC1. The van der Waals surface area contributed by atoms with E-state index in [0.717, 1.165) is 12.1 Å². The minimum Gasteiger partial charge on any atom is -0.352 e. The number of carbonyl (C=O) groups excluding carboxylic acids is 1. The third-order valence-electron chi connectivity index (χ3n) is 4.27. The molecule has 0 atom stereocenters. The molecule has 0 bridgehead atoms. The Kier molecular flexibility index (Phi) is 4.56. The summed E-state index contributed by atoms with van der Waals surface area (Å²) in [6.07, 6.45) is 8.39. The first kappa shape index (κ1) is 14.5. The maximum absolute atomic E-state index is 12.0. The molecule has 0 aliphatic heterocycles.